The van der Waals surface area contributed by atoms with Crippen molar-refractivity contribution in [3.8, 4) is 0 Å². The smallest absolute Gasteiger partial charge is 0.271 e. The van der Waals surface area contributed by atoms with Crippen LogP contribution >= 0.6 is 11.3 Å². The van der Waals surface area contributed by atoms with Crippen molar-refractivity contribution < 1.29 is 4.79 Å². The minimum absolute atomic E-state index is 0.234. The van der Waals surface area contributed by atoms with E-state index in [0.29, 0.717) is 18.2 Å². The van der Waals surface area contributed by atoms with Crippen LogP contribution in [-0.2, 0) is 6.54 Å². The number of carbonyl (C=O) groups excluding carboxylic acids is 1. The molecule has 0 aliphatic heterocycles. The van der Waals surface area contributed by atoms with Crippen molar-refractivity contribution in [3.05, 3.63) is 40.4 Å². The Kier molecular flexibility index (Phi) is 3.99. The van der Waals surface area contributed by atoms with E-state index in [2.05, 4.69) is 34.1 Å². The second kappa shape index (κ2) is 5.68. The predicted molar refractivity (Wildman–Crippen MR) is 69.4 cm³/mol. The number of thiazole rings is 1. The van der Waals surface area contributed by atoms with Gasteiger partial charge in [0.2, 0.25) is 0 Å². The van der Waals surface area contributed by atoms with Gasteiger partial charge in [-0.15, -0.1) is 11.3 Å². The monoisotopic (exact) mass is 262 g/mol. The van der Waals surface area contributed by atoms with Crippen molar-refractivity contribution >= 4 is 17.2 Å². The van der Waals surface area contributed by atoms with E-state index in [1.54, 1.807) is 11.3 Å². The molecule has 1 amide bonds. The summed E-state index contributed by atoms with van der Waals surface area (Å²) in [6.45, 7) is 4.61. The van der Waals surface area contributed by atoms with Crippen LogP contribution in [0.2, 0.25) is 0 Å². The molecule has 0 spiro atoms. The van der Waals surface area contributed by atoms with Gasteiger partial charge in [-0.25, -0.2) is 9.97 Å². The predicted octanol–water partition coefficient (Wildman–Crippen LogP) is 1.99. The molecule has 2 heterocycles. The second-order valence-corrected chi connectivity index (χ2v) is 4.99. The lowest BCUT2D eigenvalue weighted by Crippen LogP contribution is -2.24. The zero-order valence-corrected chi connectivity index (χ0v) is 11.1. The highest BCUT2D eigenvalue weighted by atomic mass is 32.1. The fraction of sp³-hybridized carbons (Fsp3) is 0.333. The fourth-order valence-electron chi connectivity index (χ4n) is 1.35. The van der Waals surface area contributed by atoms with Crippen LogP contribution in [0.3, 0.4) is 0 Å². The number of rotatable bonds is 4. The Morgan fingerprint density at radius 2 is 2.28 bits per heavy atom. The number of hydrogen-bond acceptors (Lipinski definition) is 5. The number of aromatic nitrogens is 3. The van der Waals surface area contributed by atoms with Gasteiger partial charge >= 0.3 is 0 Å². The number of carbonyl (C=O) groups is 1. The van der Waals surface area contributed by atoms with Crippen molar-refractivity contribution in [3.63, 3.8) is 0 Å². The Bertz CT molecular complexity index is 524. The lowest BCUT2D eigenvalue weighted by Gasteiger charge is -2.02. The van der Waals surface area contributed by atoms with Gasteiger partial charge in [-0.3, -0.25) is 9.78 Å². The largest absolute Gasteiger partial charge is 0.345 e. The third-order valence-electron chi connectivity index (χ3n) is 2.29. The summed E-state index contributed by atoms with van der Waals surface area (Å²) in [4.78, 5) is 23.9. The zero-order chi connectivity index (χ0) is 13.0. The van der Waals surface area contributed by atoms with Crippen LogP contribution in [0.1, 0.15) is 41.0 Å². The first kappa shape index (κ1) is 12.6. The Morgan fingerprint density at radius 3 is 2.89 bits per heavy atom. The molecule has 0 unspecified atom stereocenters. The van der Waals surface area contributed by atoms with Crippen LogP contribution < -0.4 is 5.32 Å². The summed E-state index contributed by atoms with van der Waals surface area (Å²) in [5.41, 5.74) is 1.19. The van der Waals surface area contributed by atoms with Gasteiger partial charge in [0.25, 0.3) is 5.91 Å². The molecule has 6 heteroatoms. The van der Waals surface area contributed by atoms with Gasteiger partial charge in [0.15, 0.2) is 0 Å². The highest BCUT2D eigenvalue weighted by Gasteiger charge is 2.09. The van der Waals surface area contributed by atoms with E-state index in [4.69, 9.17) is 0 Å². The van der Waals surface area contributed by atoms with Gasteiger partial charge in [0.1, 0.15) is 5.69 Å². The van der Waals surface area contributed by atoms with E-state index in [-0.39, 0.29) is 5.91 Å². The van der Waals surface area contributed by atoms with Gasteiger partial charge in [0.05, 0.1) is 23.4 Å². The van der Waals surface area contributed by atoms with Gasteiger partial charge in [-0.2, -0.15) is 0 Å². The Balaban J connectivity index is 1.93. The topological polar surface area (TPSA) is 67.8 Å². The number of nitrogens with zero attached hydrogens (tertiary/aromatic N) is 3. The van der Waals surface area contributed by atoms with E-state index < -0.39 is 0 Å². The lowest BCUT2D eigenvalue weighted by atomic mass is 10.2. The van der Waals surface area contributed by atoms with Gasteiger partial charge in [0, 0.05) is 23.7 Å². The average molecular weight is 262 g/mol. The molecule has 0 aliphatic carbocycles. The fourth-order valence-corrected chi connectivity index (χ4v) is 2.18. The summed E-state index contributed by atoms with van der Waals surface area (Å²) in [5.74, 6) is 0.182. The molecule has 0 saturated heterocycles. The van der Waals surface area contributed by atoms with Crippen molar-refractivity contribution in [1.29, 1.82) is 0 Å². The average Bonchev–Trinajstić information content (AvgIpc) is 2.86. The standard InChI is InChI=1S/C12H14N4OS/c1-8(2)12-16-9(7-18-12)5-15-11(17)10-6-13-3-4-14-10/h3-4,6-8H,5H2,1-2H3,(H,15,17). The van der Waals surface area contributed by atoms with Crippen molar-refractivity contribution in [1.82, 2.24) is 20.3 Å². The van der Waals surface area contributed by atoms with Crippen LogP contribution in [0.5, 0.6) is 0 Å². The minimum atomic E-state index is -0.234. The third-order valence-corrected chi connectivity index (χ3v) is 3.48. The molecule has 0 atom stereocenters. The van der Waals surface area contributed by atoms with Crippen LogP contribution in [-0.4, -0.2) is 20.9 Å². The zero-order valence-electron chi connectivity index (χ0n) is 10.3. The van der Waals surface area contributed by atoms with Crippen molar-refractivity contribution in [2.45, 2.75) is 26.3 Å². The molecule has 0 radical (unpaired) electrons. The van der Waals surface area contributed by atoms with Crippen LogP contribution in [0.15, 0.2) is 24.0 Å². The summed E-state index contributed by atoms with van der Waals surface area (Å²) >= 11 is 1.61. The first-order valence-corrected chi connectivity index (χ1v) is 6.53. The Hall–Kier alpha value is -1.82. The maximum atomic E-state index is 11.7. The lowest BCUT2D eigenvalue weighted by molar-refractivity contribution is 0.0945. The van der Waals surface area contributed by atoms with Crippen LogP contribution in [0, 0.1) is 0 Å². The third kappa shape index (κ3) is 3.10. The molecule has 0 fully saturated rings. The number of nitrogens with one attached hydrogen (secondary N) is 1. The van der Waals surface area contributed by atoms with Crippen molar-refractivity contribution in [2.24, 2.45) is 0 Å². The van der Waals surface area contributed by atoms with Crippen molar-refractivity contribution in [2.75, 3.05) is 0 Å². The summed E-state index contributed by atoms with van der Waals surface area (Å²) in [5, 5.41) is 5.82. The molecule has 5 nitrogen and oxygen atoms in total. The maximum absolute atomic E-state index is 11.7. The Labute approximate surface area is 109 Å². The molecule has 2 aromatic heterocycles. The number of hydrogen-bond donors (Lipinski definition) is 1. The minimum Gasteiger partial charge on any atom is -0.345 e. The second-order valence-electron chi connectivity index (χ2n) is 4.11. The molecular formula is C12H14N4OS. The Morgan fingerprint density at radius 1 is 1.44 bits per heavy atom. The SMILES string of the molecule is CC(C)c1nc(CNC(=O)c2cnccn2)cs1. The molecule has 0 saturated carbocycles. The highest BCUT2D eigenvalue weighted by Crippen LogP contribution is 2.18. The van der Waals surface area contributed by atoms with E-state index in [9.17, 15) is 4.79 Å². The summed E-state index contributed by atoms with van der Waals surface area (Å²) < 4.78 is 0. The van der Waals surface area contributed by atoms with Gasteiger partial charge < -0.3 is 5.32 Å². The van der Waals surface area contributed by atoms with E-state index >= 15 is 0 Å². The molecule has 0 aliphatic rings. The van der Waals surface area contributed by atoms with E-state index in [1.165, 1.54) is 18.6 Å². The summed E-state index contributed by atoms with van der Waals surface area (Å²) in [6.07, 6.45) is 4.47. The highest BCUT2D eigenvalue weighted by molar-refractivity contribution is 7.09. The molecule has 1 N–H and O–H groups in total. The molecular weight excluding hydrogens is 248 g/mol. The maximum Gasteiger partial charge on any atom is 0.271 e. The van der Waals surface area contributed by atoms with Crippen LogP contribution in [0.25, 0.3) is 0 Å². The molecule has 2 aromatic rings. The van der Waals surface area contributed by atoms with Crippen LogP contribution in [0.4, 0.5) is 0 Å². The van der Waals surface area contributed by atoms with E-state index in [0.717, 1.165) is 10.7 Å². The molecule has 18 heavy (non-hydrogen) atoms. The van der Waals surface area contributed by atoms with E-state index in [1.807, 2.05) is 5.38 Å². The summed E-state index contributed by atoms with van der Waals surface area (Å²) in [7, 11) is 0. The first-order chi connectivity index (χ1) is 8.66. The quantitative estimate of drug-likeness (QED) is 0.915. The summed E-state index contributed by atoms with van der Waals surface area (Å²) in [6, 6.07) is 0. The normalized spacial score (nSPS) is 10.6. The molecule has 0 aromatic carbocycles. The molecule has 94 valence electrons. The van der Waals surface area contributed by atoms with Gasteiger partial charge in [-0.05, 0) is 0 Å². The van der Waals surface area contributed by atoms with Gasteiger partial charge in [-0.1, -0.05) is 13.8 Å². The molecule has 2 rings (SSSR count). The molecule has 0 bridgehead atoms. The number of amides is 1. The first-order valence-electron chi connectivity index (χ1n) is 5.65.